The highest BCUT2D eigenvalue weighted by atomic mass is 19.4. The van der Waals surface area contributed by atoms with Gasteiger partial charge in [-0.1, -0.05) is 12.8 Å². The molecule has 0 aromatic heterocycles. The molecule has 6 heteroatoms. The summed E-state index contributed by atoms with van der Waals surface area (Å²) in [6.07, 6.45) is 1.74. The van der Waals surface area contributed by atoms with Crippen molar-refractivity contribution in [3.8, 4) is 5.75 Å². The maximum absolute atomic E-state index is 12.7. The van der Waals surface area contributed by atoms with Gasteiger partial charge < -0.3 is 10.5 Å². The van der Waals surface area contributed by atoms with Crippen LogP contribution in [0.25, 0.3) is 0 Å². The van der Waals surface area contributed by atoms with Crippen molar-refractivity contribution >= 4 is 5.84 Å². The quantitative estimate of drug-likeness (QED) is 0.502. The van der Waals surface area contributed by atoms with Gasteiger partial charge in [-0.15, -0.1) is 0 Å². The number of rotatable bonds is 3. The van der Waals surface area contributed by atoms with Gasteiger partial charge in [0.15, 0.2) is 0 Å². The maximum Gasteiger partial charge on any atom is 0.416 e. The van der Waals surface area contributed by atoms with Gasteiger partial charge in [0.2, 0.25) is 0 Å². The summed E-state index contributed by atoms with van der Waals surface area (Å²) in [5, 5.41) is 7.47. The lowest BCUT2D eigenvalue weighted by atomic mass is 10.1. The summed E-state index contributed by atoms with van der Waals surface area (Å²) in [6.45, 7) is 0. The Morgan fingerprint density at radius 1 is 1.14 bits per heavy atom. The number of hydrogen-bond acceptors (Lipinski definition) is 2. The van der Waals surface area contributed by atoms with Crippen molar-refractivity contribution in [2.24, 2.45) is 5.73 Å². The van der Waals surface area contributed by atoms with Crippen molar-refractivity contribution in [2.75, 3.05) is 0 Å². The maximum atomic E-state index is 12.7. The number of benzene rings is 1. The number of ether oxygens (including phenoxy) is 1. The van der Waals surface area contributed by atoms with Gasteiger partial charge in [0.05, 0.1) is 17.2 Å². The lowest BCUT2D eigenvalue weighted by molar-refractivity contribution is -0.137. The summed E-state index contributed by atoms with van der Waals surface area (Å²) in [4.78, 5) is 0. The summed E-state index contributed by atoms with van der Waals surface area (Å²) in [7, 11) is 0. The third-order valence-electron chi connectivity index (χ3n) is 3.69. The molecule has 0 unspecified atom stereocenters. The van der Waals surface area contributed by atoms with Crippen molar-refractivity contribution in [1.82, 2.24) is 0 Å². The first kappa shape index (κ1) is 15.7. The van der Waals surface area contributed by atoms with E-state index in [0.29, 0.717) is 0 Å². The van der Waals surface area contributed by atoms with Gasteiger partial charge >= 0.3 is 6.18 Å². The molecule has 116 valence electrons. The molecule has 0 spiro atoms. The van der Waals surface area contributed by atoms with Crippen LogP contribution in [-0.2, 0) is 6.18 Å². The molecular weight excluding hydrogens is 281 g/mol. The predicted octanol–water partition coefficient (Wildman–Crippen LogP) is 4.09. The molecule has 3 nitrogen and oxygen atoms in total. The van der Waals surface area contributed by atoms with Gasteiger partial charge in [-0.05, 0) is 43.9 Å². The largest absolute Gasteiger partial charge is 0.490 e. The van der Waals surface area contributed by atoms with Crippen molar-refractivity contribution < 1.29 is 17.9 Å². The molecule has 0 amide bonds. The standard InChI is InChI=1S/C15H19F3N2O/c16-15(17,18)10-7-8-13(12(9-10)14(19)20)21-11-5-3-1-2-4-6-11/h7-9,11H,1-6H2,(H3,19,20). The van der Waals surface area contributed by atoms with Crippen LogP contribution in [0, 0.1) is 5.41 Å². The monoisotopic (exact) mass is 300 g/mol. The van der Waals surface area contributed by atoms with Crippen LogP contribution in [-0.4, -0.2) is 11.9 Å². The first-order chi connectivity index (χ1) is 9.88. The third kappa shape index (κ3) is 4.12. The molecule has 0 atom stereocenters. The highest BCUT2D eigenvalue weighted by Crippen LogP contribution is 2.33. The second kappa shape index (κ2) is 6.37. The molecule has 1 saturated carbocycles. The van der Waals surface area contributed by atoms with E-state index in [1.807, 2.05) is 0 Å². The second-order valence-electron chi connectivity index (χ2n) is 5.35. The zero-order valence-corrected chi connectivity index (χ0v) is 11.7. The van der Waals surface area contributed by atoms with Gasteiger partial charge in [0, 0.05) is 0 Å². The van der Waals surface area contributed by atoms with Gasteiger partial charge in [0.1, 0.15) is 11.6 Å². The zero-order valence-electron chi connectivity index (χ0n) is 11.7. The van der Waals surface area contributed by atoms with Crippen LogP contribution in [0.2, 0.25) is 0 Å². The molecule has 1 aromatic carbocycles. The number of amidine groups is 1. The Kier molecular flexibility index (Phi) is 4.75. The summed E-state index contributed by atoms with van der Waals surface area (Å²) in [5.41, 5.74) is 4.59. The van der Waals surface area contributed by atoms with E-state index in [-0.39, 0.29) is 17.4 Å². The van der Waals surface area contributed by atoms with Crippen LogP contribution in [0.15, 0.2) is 18.2 Å². The smallest absolute Gasteiger partial charge is 0.416 e. The number of nitrogen functional groups attached to an aromatic ring is 1. The lowest BCUT2D eigenvalue weighted by Gasteiger charge is -2.20. The first-order valence-corrected chi connectivity index (χ1v) is 7.10. The van der Waals surface area contributed by atoms with E-state index in [9.17, 15) is 13.2 Å². The predicted molar refractivity (Wildman–Crippen MR) is 74.6 cm³/mol. The normalized spacial score (nSPS) is 17.3. The van der Waals surface area contributed by atoms with Gasteiger partial charge in [-0.25, -0.2) is 0 Å². The average Bonchev–Trinajstić information content (AvgIpc) is 2.66. The van der Waals surface area contributed by atoms with E-state index in [0.717, 1.165) is 50.7 Å². The van der Waals surface area contributed by atoms with Crippen molar-refractivity contribution in [1.29, 1.82) is 5.41 Å². The van der Waals surface area contributed by atoms with Gasteiger partial charge in [0.25, 0.3) is 0 Å². The Bertz CT molecular complexity index is 506. The molecule has 2 rings (SSSR count). The fourth-order valence-electron chi connectivity index (χ4n) is 2.56. The van der Waals surface area contributed by atoms with E-state index in [2.05, 4.69) is 0 Å². The average molecular weight is 300 g/mol. The van der Waals surface area contributed by atoms with Crippen LogP contribution in [0.5, 0.6) is 5.75 Å². The second-order valence-corrected chi connectivity index (χ2v) is 5.35. The Morgan fingerprint density at radius 3 is 2.29 bits per heavy atom. The SMILES string of the molecule is N=C(N)c1cc(C(F)(F)F)ccc1OC1CCCCCC1. The van der Waals surface area contributed by atoms with Crippen molar-refractivity contribution in [2.45, 2.75) is 50.8 Å². The molecule has 0 radical (unpaired) electrons. The van der Waals surface area contributed by atoms with E-state index in [1.165, 1.54) is 6.07 Å². The number of nitrogens with one attached hydrogen (secondary N) is 1. The van der Waals surface area contributed by atoms with E-state index >= 15 is 0 Å². The van der Waals surface area contributed by atoms with Gasteiger partial charge in [-0.3, -0.25) is 5.41 Å². The van der Waals surface area contributed by atoms with Crippen LogP contribution in [0.4, 0.5) is 13.2 Å². The molecule has 0 bridgehead atoms. The first-order valence-electron chi connectivity index (χ1n) is 7.10. The molecule has 1 fully saturated rings. The van der Waals surface area contributed by atoms with Crippen LogP contribution >= 0.6 is 0 Å². The zero-order chi connectivity index (χ0) is 15.5. The molecule has 0 heterocycles. The van der Waals surface area contributed by atoms with E-state index in [1.54, 1.807) is 0 Å². The fourth-order valence-corrected chi connectivity index (χ4v) is 2.56. The molecule has 1 aliphatic carbocycles. The molecule has 21 heavy (non-hydrogen) atoms. The number of hydrogen-bond donors (Lipinski definition) is 2. The minimum atomic E-state index is -4.45. The topological polar surface area (TPSA) is 59.1 Å². The Hall–Kier alpha value is -1.72. The molecular formula is C15H19F3N2O. The Morgan fingerprint density at radius 2 is 1.76 bits per heavy atom. The summed E-state index contributed by atoms with van der Waals surface area (Å²) >= 11 is 0. The van der Waals surface area contributed by atoms with Crippen LogP contribution in [0.3, 0.4) is 0 Å². The number of halogens is 3. The molecule has 1 aliphatic rings. The number of alkyl halides is 3. The molecule has 0 aliphatic heterocycles. The third-order valence-corrected chi connectivity index (χ3v) is 3.69. The highest BCUT2D eigenvalue weighted by Gasteiger charge is 2.31. The van der Waals surface area contributed by atoms with Crippen molar-refractivity contribution in [3.63, 3.8) is 0 Å². The molecule has 3 N–H and O–H groups in total. The molecule has 0 saturated heterocycles. The summed E-state index contributed by atoms with van der Waals surface area (Å²) in [6, 6.07) is 3.12. The minimum absolute atomic E-state index is 0.00840. The summed E-state index contributed by atoms with van der Waals surface area (Å²) in [5.74, 6) is -0.146. The molecule has 1 aromatic rings. The van der Waals surface area contributed by atoms with Gasteiger partial charge in [-0.2, -0.15) is 13.2 Å². The Labute approximate surface area is 121 Å². The Balaban J connectivity index is 2.24. The van der Waals surface area contributed by atoms with E-state index in [4.69, 9.17) is 15.9 Å². The van der Waals surface area contributed by atoms with Crippen LogP contribution < -0.4 is 10.5 Å². The van der Waals surface area contributed by atoms with Crippen molar-refractivity contribution in [3.05, 3.63) is 29.3 Å². The lowest BCUT2D eigenvalue weighted by Crippen LogP contribution is -2.20. The van der Waals surface area contributed by atoms with E-state index < -0.39 is 17.6 Å². The minimum Gasteiger partial charge on any atom is -0.490 e. The number of nitrogens with two attached hydrogens (primary N) is 1. The summed E-state index contributed by atoms with van der Waals surface area (Å²) < 4.78 is 44.0. The van der Waals surface area contributed by atoms with Crippen LogP contribution in [0.1, 0.15) is 49.7 Å². The highest BCUT2D eigenvalue weighted by molar-refractivity contribution is 5.97. The fraction of sp³-hybridized carbons (Fsp3) is 0.533.